The van der Waals surface area contributed by atoms with Gasteiger partial charge in [-0.05, 0) is 12.8 Å². The number of rotatable bonds is 0. The lowest BCUT2D eigenvalue weighted by Gasteiger charge is -2.47. The molecule has 4 heteroatoms. The van der Waals surface area contributed by atoms with Gasteiger partial charge < -0.3 is 4.74 Å². The van der Waals surface area contributed by atoms with Gasteiger partial charge in [0, 0.05) is 24.8 Å². The van der Waals surface area contributed by atoms with Gasteiger partial charge in [0.1, 0.15) is 5.72 Å². The lowest BCUT2D eigenvalue weighted by atomic mass is 9.84. The Labute approximate surface area is 89.4 Å². The van der Waals surface area contributed by atoms with Crippen LogP contribution in [0.5, 0.6) is 0 Å². The summed E-state index contributed by atoms with van der Waals surface area (Å²) >= 11 is 0. The maximum atomic E-state index is 13.0. The first-order valence-electron chi connectivity index (χ1n) is 5.60. The summed E-state index contributed by atoms with van der Waals surface area (Å²) in [7, 11) is 0. The molecule has 15 heavy (non-hydrogen) atoms. The maximum absolute atomic E-state index is 13.0. The first-order valence-corrected chi connectivity index (χ1v) is 5.60. The van der Waals surface area contributed by atoms with Crippen LogP contribution in [0.25, 0.3) is 0 Å². The van der Waals surface area contributed by atoms with Crippen LogP contribution in [0.15, 0.2) is 0 Å². The van der Waals surface area contributed by atoms with E-state index in [1.807, 2.05) is 0 Å². The Hall–Kier alpha value is -0.220. The monoisotopic (exact) mass is 219 g/mol. The van der Waals surface area contributed by atoms with Crippen molar-refractivity contribution in [3.63, 3.8) is 0 Å². The summed E-state index contributed by atoms with van der Waals surface area (Å²) in [5, 5.41) is 3.31. The molecule has 0 amide bonds. The van der Waals surface area contributed by atoms with E-state index < -0.39 is 11.6 Å². The molecule has 2 nitrogen and oxygen atoms in total. The van der Waals surface area contributed by atoms with E-state index in [2.05, 4.69) is 19.2 Å². The molecule has 1 aliphatic heterocycles. The average Bonchev–Trinajstić information content (AvgIpc) is 2.15. The van der Waals surface area contributed by atoms with E-state index in [0.29, 0.717) is 19.4 Å². The molecule has 2 fully saturated rings. The van der Waals surface area contributed by atoms with Crippen molar-refractivity contribution < 1.29 is 13.5 Å². The third-order valence-electron chi connectivity index (χ3n) is 3.42. The predicted octanol–water partition coefficient (Wildman–Crippen LogP) is 2.54. The van der Waals surface area contributed by atoms with Gasteiger partial charge in [0.25, 0.3) is 0 Å². The van der Waals surface area contributed by atoms with Crippen LogP contribution in [-0.2, 0) is 4.74 Å². The number of ether oxygens (including phenoxy) is 1. The van der Waals surface area contributed by atoms with E-state index in [0.717, 1.165) is 6.54 Å². The Bertz CT molecular complexity index is 203. The molecule has 88 valence electrons. The molecule has 0 radical (unpaired) electrons. The highest BCUT2D eigenvalue weighted by Gasteiger charge is 2.46. The zero-order valence-electron chi connectivity index (χ0n) is 9.41. The van der Waals surface area contributed by atoms with Crippen molar-refractivity contribution in [1.82, 2.24) is 5.32 Å². The molecule has 1 saturated heterocycles. The summed E-state index contributed by atoms with van der Waals surface area (Å²) in [4.78, 5) is 0. The molecule has 1 aliphatic carbocycles. The van der Waals surface area contributed by atoms with Gasteiger partial charge in [0.15, 0.2) is 0 Å². The van der Waals surface area contributed by atoms with Crippen LogP contribution in [0, 0.1) is 5.41 Å². The van der Waals surface area contributed by atoms with Crippen LogP contribution in [0.2, 0.25) is 0 Å². The first-order chi connectivity index (χ1) is 6.83. The van der Waals surface area contributed by atoms with Crippen molar-refractivity contribution in [3.05, 3.63) is 0 Å². The second-order valence-electron chi connectivity index (χ2n) is 5.66. The van der Waals surface area contributed by atoms with Gasteiger partial charge >= 0.3 is 0 Å². The highest BCUT2D eigenvalue weighted by atomic mass is 19.3. The topological polar surface area (TPSA) is 21.3 Å². The molecular formula is C11H19F2NO. The number of nitrogens with one attached hydrogen (secondary N) is 1. The molecule has 0 aromatic heterocycles. The summed E-state index contributed by atoms with van der Waals surface area (Å²) < 4.78 is 31.8. The van der Waals surface area contributed by atoms with Crippen LogP contribution in [0.3, 0.4) is 0 Å². The molecule has 2 rings (SSSR count). The standard InChI is InChI=1S/C11H19F2NO/c1-9(2)7-14-11(15-8-9)5-3-10(12,13)4-6-11/h14H,3-8H2,1-2H3. The smallest absolute Gasteiger partial charge is 0.248 e. The Morgan fingerprint density at radius 1 is 1.07 bits per heavy atom. The van der Waals surface area contributed by atoms with Crippen LogP contribution in [0.4, 0.5) is 8.78 Å². The third-order valence-corrected chi connectivity index (χ3v) is 3.42. The Balaban J connectivity index is 1.95. The van der Waals surface area contributed by atoms with Gasteiger partial charge in [-0.25, -0.2) is 8.78 Å². The Kier molecular flexibility index (Phi) is 2.54. The first kappa shape index (κ1) is 11.3. The van der Waals surface area contributed by atoms with E-state index in [1.165, 1.54) is 0 Å². The van der Waals surface area contributed by atoms with Gasteiger partial charge in [-0.1, -0.05) is 13.8 Å². The zero-order valence-corrected chi connectivity index (χ0v) is 9.41. The molecule has 1 heterocycles. The minimum atomic E-state index is -2.48. The summed E-state index contributed by atoms with van der Waals surface area (Å²) in [6.07, 6.45) is 0.743. The molecule has 0 atom stereocenters. The molecule has 0 bridgehead atoms. The number of alkyl halides is 2. The Morgan fingerprint density at radius 3 is 2.13 bits per heavy atom. The SMILES string of the molecule is CC1(C)CNC2(CCC(F)(F)CC2)OC1. The van der Waals surface area contributed by atoms with E-state index in [4.69, 9.17) is 4.74 Å². The van der Waals surface area contributed by atoms with Crippen molar-refractivity contribution in [1.29, 1.82) is 0 Å². The summed E-state index contributed by atoms with van der Waals surface area (Å²) in [5.41, 5.74) is -0.345. The van der Waals surface area contributed by atoms with Crippen LogP contribution in [0.1, 0.15) is 39.5 Å². The third kappa shape index (κ3) is 2.48. The highest BCUT2D eigenvalue weighted by molar-refractivity contribution is 4.93. The molecule has 2 aliphatic rings. The van der Waals surface area contributed by atoms with Crippen molar-refractivity contribution in [3.8, 4) is 0 Å². The van der Waals surface area contributed by atoms with Gasteiger partial charge in [-0.2, -0.15) is 0 Å². The number of halogens is 2. The van der Waals surface area contributed by atoms with E-state index in [-0.39, 0.29) is 18.3 Å². The second-order valence-corrected chi connectivity index (χ2v) is 5.66. The molecule has 1 saturated carbocycles. The fraction of sp³-hybridized carbons (Fsp3) is 1.00. The van der Waals surface area contributed by atoms with Gasteiger partial charge in [-0.3, -0.25) is 5.32 Å². The fourth-order valence-corrected chi connectivity index (χ4v) is 2.18. The van der Waals surface area contributed by atoms with Crippen molar-refractivity contribution in [2.24, 2.45) is 5.41 Å². The second kappa shape index (κ2) is 3.39. The van der Waals surface area contributed by atoms with Crippen LogP contribution >= 0.6 is 0 Å². The fourth-order valence-electron chi connectivity index (χ4n) is 2.18. The molecule has 0 unspecified atom stereocenters. The quantitative estimate of drug-likeness (QED) is 0.676. The van der Waals surface area contributed by atoms with Crippen molar-refractivity contribution in [2.75, 3.05) is 13.2 Å². The summed E-state index contributed by atoms with van der Waals surface area (Å²) in [6.45, 7) is 5.73. The van der Waals surface area contributed by atoms with Crippen LogP contribution < -0.4 is 5.32 Å². The minimum absolute atomic E-state index is 0.0551. The molecular weight excluding hydrogens is 200 g/mol. The minimum Gasteiger partial charge on any atom is -0.360 e. The number of hydrogen-bond acceptors (Lipinski definition) is 2. The summed E-state index contributed by atoms with van der Waals surface area (Å²) in [6, 6.07) is 0. The largest absolute Gasteiger partial charge is 0.360 e. The lowest BCUT2D eigenvalue weighted by Crippen LogP contribution is -2.59. The summed E-state index contributed by atoms with van der Waals surface area (Å²) in [5.74, 6) is -2.48. The van der Waals surface area contributed by atoms with Crippen molar-refractivity contribution >= 4 is 0 Å². The van der Waals surface area contributed by atoms with E-state index in [9.17, 15) is 8.78 Å². The predicted molar refractivity (Wildman–Crippen MR) is 53.9 cm³/mol. The maximum Gasteiger partial charge on any atom is 0.248 e. The van der Waals surface area contributed by atoms with Gasteiger partial charge in [0.2, 0.25) is 5.92 Å². The molecule has 0 aromatic carbocycles. The highest BCUT2D eigenvalue weighted by Crippen LogP contribution is 2.41. The Morgan fingerprint density at radius 2 is 1.67 bits per heavy atom. The lowest BCUT2D eigenvalue weighted by molar-refractivity contribution is -0.185. The van der Waals surface area contributed by atoms with Crippen LogP contribution in [-0.4, -0.2) is 24.8 Å². The molecule has 0 aromatic rings. The molecule has 1 N–H and O–H groups in total. The average molecular weight is 219 g/mol. The van der Waals surface area contributed by atoms with Crippen molar-refractivity contribution in [2.45, 2.75) is 51.2 Å². The normalized spacial score (nSPS) is 32.8. The zero-order chi connectivity index (χ0) is 11.2. The van der Waals surface area contributed by atoms with Gasteiger partial charge in [0.05, 0.1) is 6.61 Å². The molecule has 1 spiro atoms. The number of hydrogen-bond donors (Lipinski definition) is 1. The van der Waals surface area contributed by atoms with E-state index >= 15 is 0 Å². The van der Waals surface area contributed by atoms with E-state index in [1.54, 1.807) is 0 Å². The van der Waals surface area contributed by atoms with Gasteiger partial charge in [-0.15, -0.1) is 0 Å².